The van der Waals surface area contributed by atoms with Gasteiger partial charge in [0, 0.05) is 39.0 Å². The molecule has 0 spiro atoms. The van der Waals surface area contributed by atoms with Crippen LogP contribution in [0.5, 0.6) is 5.75 Å². The molecule has 0 bridgehead atoms. The first-order valence-corrected chi connectivity index (χ1v) is 7.43. The molecule has 1 fully saturated rings. The number of aryl methyl sites for hydroxylation is 1. The summed E-state index contributed by atoms with van der Waals surface area (Å²) in [5.41, 5.74) is 2.53. The van der Waals surface area contributed by atoms with Crippen LogP contribution in [-0.4, -0.2) is 55.5 Å². The van der Waals surface area contributed by atoms with Crippen LogP contribution in [0.25, 0.3) is 0 Å². The highest BCUT2D eigenvalue weighted by atomic mass is 16.5. The van der Waals surface area contributed by atoms with Gasteiger partial charge in [0.1, 0.15) is 5.75 Å². The monoisotopic (exact) mass is 274 g/mol. The molecule has 2 heterocycles. The third kappa shape index (κ3) is 2.96. The Hall–Kier alpha value is -1.55. The molecule has 1 saturated heterocycles. The number of likely N-dealkylation sites (N-methyl/N-ethyl adjacent to an activating group) is 1. The van der Waals surface area contributed by atoms with Crippen LogP contribution in [0.4, 0.5) is 0 Å². The van der Waals surface area contributed by atoms with Gasteiger partial charge >= 0.3 is 0 Å². The minimum atomic E-state index is 0.287. The lowest BCUT2D eigenvalue weighted by atomic mass is 10.0. The number of hydrogen-bond acceptors (Lipinski definition) is 3. The van der Waals surface area contributed by atoms with E-state index in [4.69, 9.17) is 4.74 Å². The Morgan fingerprint density at radius 3 is 2.85 bits per heavy atom. The standard InChI is InChI=1S/C16H22N2O2/c1-17-7-9-18(10-8-17)16(19)5-3-13-2-4-15-14(12-13)6-11-20-15/h2,4,12H,3,5-11H2,1H3. The Labute approximate surface area is 120 Å². The minimum Gasteiger partial charge on any atom is -0.493 e. The Morgan fingerprint density at radius 1 is 1.25 bits per heavy atom. The van der Waals surface area contributed by atoms with Crippen LogP contribution < -0.4 is 4.74 Å². The second-order valence-corrected chi connectivity index (χ2v) is 5.72. The van der Waals surface area contributed by atoms with Crippen molar-refractivity contribution >= 4 is 5.91 Å². The molecule has 0 atom stereocenters. The fourth-order valence-electron chi connectivity index (χ4n) is 2.86. The third-order valence-electron chi connectivity index (χ3n) is 4.24. The number of nitrogens with zero attached hydrogens (tertiary/aromatic N) is 2. The van der Waals surface area contributed by atoms with E-state index < -0.39 is 0 Å². The lowest BCUT2D eigenvalue weighted by molar-refractivity contribution is -0.132. The summed E-state index contributed by atoms with van der Waals surface area (Å²) in [6, 6.07) is 6.32. The van der Waals surface area contributed by atoms with Crippen LogP contribution in [0, 0.1) is 0 Å². The summed E-state index contributed by atoms with van der Waals surface area (Å²) in [6.07, 6.45) is 2.44. The molecular weight excluding hydrogens is 252 g/mol. The average molecular weight is 274 g/mol. The van der Waals surface area contributed by atoms with E-state index >= 15 is 0 Å². The number of hydrogen-bond donors (Lipinski definition) is 0. The normalized spacial score (nSPS) is 18.8. The predicted molar refractivity (Wildman–Crippen MR) is 78.0 cm³/mol. The van der Waals surface area contributed by atoms with Crippen molar-refractivity contribution in [1.82, 2.24) is 9.80 Å². The molecule has 0 unspecified atom stereocenters. The Morgan fingerprint density at radius 2 is 2.05 bits per heavy atom. The summed E-state index contributed by atoms with van der Waals surface area (Å²) in [5, 5.41) is 0. The maximum absolute atomic E-state index is 12.2. The predicted octanol–water partition coefficient (Wildman–Crippen LogP) is 1.33. The molecule has 4 heteroatoms. The lowest BCUT2D eigenvalue weighted by Gasteiger charge is -2.32. The van der Waals surface area contributed by atoms with Crippen LogP contribution >= 0.6 is 0 Å². The highest BCUT2D eigenvalue weighted by Crippen LogP contribution is 2.26. The molecule has 2 aliphatic heterocycles. The summed E-state index contributed by atoms with van der Waals surface area (Å²) in [7, 11) is 2.11. The average Bonchev–Trinajstić information content (AvgIpc) is 2.93. The Balaban J connectivity index is 1.53. The van der Waals surface area contributed by atoms with Crippen molar-refractivity contribution in [2.75, 3.05) is 39.8 Å². The molecule has 20 heavy (non-hydrogen) atoms. The van der Waals surface area contributed by atoms with Gasteiger partial charge in [-0.2, -0.15) is 0 Å². The van der Waals surface area contributed by atoms with E-state index in [1.54, 1.807) is 0 Å². The number of amides is 1. The Kier molecular flexibility index (Phi) is 3.92. The second kappa shape index (κ2) is 5.83. The molecule has 1 aromatic carbocycles. The molecule has 0 radical (unpaired) electrons. The summed E-state index contributed by atoms with van der Waals surface area (Å²) in [5.74, 6) is 1.30. The fraction of sp³-hybridized carbons (Fsp3) is 0.562. The van der Waals surface area contributed by atoms with E-state index in [1.165, 1.54) is 11.1 Å². The van der Waals surface area contributed by atoms with Crippen molar-refractivity contribution in [2.45, 2.75) is 19.3 Å². The molecule has 0 saturated carbocycles. The molecule has 3 rings (SSSR count). The highest BCUT2D eigenvalue weighted by molar-refractivity contribution is 5.76. The maximum Gasteiger partial charge on any atom is 0.222 e. The first-order chi connectivity index (χ1) is 9.72. The van der Waals surface area contributed by atoms with Crippen LogP contribution in [-0.2, 0) is 17.6 Å². The minimum absolute atomic E-state index is 0.287. The summed E-state index contributed by atoms with van der Waals surface area (Å²) < 4.78 is 5.50. The number of rotatable bonds is 3. The quantitative estimate of drug-likeness (QED) is 0.833. The van der Waals surface area contributed by atoms with E-state index in [0.29, 0.717) is 6.42 Å². The maximum atomic E-state index is 12.2. The molecule has 4 nitrogen and oxygen atoms in total. The number of carbonyl (C=O) groups excluding carboxylic acids is 1. The Bertz CT molecular complexity index is 493. The molecule has 2 aliphatic rings. The van der Waals surface area contributed by atoms with Crippen LogP contribution in [0.15, 0.2) is 18.2 Å². The lowest BCUT2D eigenvalue weighted by Crippen LogP contribution is -2.47. The van der Waals surface area contributed by atoms with Crippen molar-refractivity contribution < 1.29 is 9.53 Å². The van der Waals surface area contributed by atoms with Gasteiger partial charge in [-0.25, -0.2) is 0 Å². The van der Waals surface area contributed by atoms with Crippen molar-refractivity contribution in [2.24, 2.45) is 0 Å². The molecule has 108 valence electrons. The van der Waals surface area contributed by atoms with Crippen molar-refractivity contribution in [3.8, 4) is 5.75 Å². The van der Waals surface area contributed by atoms with Crippen LogP contribution in [0.2, 0.25) is 0 Å². The fourth-order valence-corrected chi connectivity index (χ4v) is 2.86. The summed E-state index contributed by atoms with van der Waals surface area (Å²) in [4.78, 5) is 16.5. The smallest absolute Gasteiger partial charge is 0.222 e. The zero-order chi connectivity index (χ0) is 13.9. The van der Waals surface area contributed by atoms with Gasteiger partial charge in [0.15, 0.2) is 0 Å². The van der Waals surface area contributed by atoms with Gasteiger partial charge in [-0.15, -0.1) is 0 Å². The molecule has 0 aliphatic carbocycles. The molecular formula is C16H22N2O2. The summed E-state index contributed by atoms with van der Waals surface area (Å²) in [6.45, 7) is 4.50. The zero-order valence-corrected chi connectivity index (χ0v) is 12.1. The molecule has 0 N–H and O–H groups in total. The highest BCUT2D eigenvalue weighted by Gasteiger charge is 2.19. The number of carbonyl (C=O) groups is 1. The van der Waals surface area contributed by atoms with Crippen LogP contribution in [0.1, 0.15) is 17.5 Å². The van der Waals surface area contributed by atoms with Gasteiger partial charge < -0.3 is 14.5 Å². The number of ether oxygens (including phenoxy) is 1. The van der Waals surface area contributed by atoms with Gasteiger partial charge in [-0.1, -0.05) is 12.1 Å². The van der Waals surface area contributed by atoms with Crippen molar-refractivity contribution in [1.29, 1.82) is 0 Å². The van der Waals surface area contributed by atoms with Crippen molar-refractivity contribution in [3.63, 3.8) is 0 Å². The number of piperazine rings is 1. The molecule has 0 aromatic heterocycles. The van der Waals surface area contributed by atoms with E-state index in [-0.39, 0.29) is 5.91 Å². The second-order valence-electron chi connectivity index (χ2n) is 5.72. The third-order valence-corrected chi connectivity index (χ3v) is 4.24. The van der Waals surface area contributed by atoms with Gasteiger partial charge in [0.2, 0.25) is 5.91 Å². The van der Waals surface area contributed by atoms with Gasteiger partial charge in [0.25, 0.3) is 0 Å². The molecule has 1 amide bonds. The summed E-state index contributed by atoms with van der Waals surface area (Å²) >= 11 is 0. The first-order valence-electron chi connectivity index (χ1n) is 7.43. The van der Waals surface area contributed by atoms with Gasteiger partial charge in [-0.05, 0) is 30.7 Å². The molecule has 1 aromatic rings. The first kappa shape index (κ1) is 13.4. The number of benzene rings is 1. The zero-order valence-electron chi connectivity index (χ0n) is 12.1. The van der Waals surface area contributed by atoms with E-state index in [1.807, 2.05) is 11.0 Å². The van der Waals surface area contributed by atoms with Gasteiger partial charge in [-0.3, -0.25) is 4.79 Å². The largest absolute Gasteiger partial charge is 0.493 e. The topological polar surface area (TPSA) is 32.8 Å². The van der Waals surface area contributed by atoms with E-state index in [9.17, 15) is 4.79 Å². The van der Waals surface area contributed by atoms with E-state index in [0.717, 1.165) is 51.4 Å². The van der Waals surface area contributed by atoms with Crippen molar-refractivity contribution in [3.05, 3.63) is 29.3 Å². The SMILES string of the molecule is CN1CCN(C(=O)CCc2ccc3c(c2)CCO3)CC1. The van der Waals surface area contributed by atoms with Gasteiger partial charge in [0.05, 0.1) is 6.61 Å². The number of fused-ring (bicyclic) bond motifs is 1. The van der Waals surface area contributed by atoms with E-state index in [2.05, 4.69) is 24.1 Å². The van der Waals surface area contributed by atoms with Crippen LogP contribution in [0.3, 0.4) is 0 Å².